The molecule has 0 aliphatic carbocycles. The molecule has 128 valence electrons. The summed E-state index contributed by atoms with van der Waals surface area (Å²) in [5, 5.41) is 3.91. The Bertz CT molecular complexity index is 690. The molecule has 1 atom stereocenters. The molecular formula is C16H19N3O5. The Morgan fingerprint density at radius 3 is 2.88 bits per heavy atom. The quantitative estimate of drug-likeness (QED) is 0.868. The first-order valence-electron chi connectivity index (χ1n) is 7.74. The lowest BCUT2D eigenvalue weighted by Crippen LogP contribution is -2.50. The molecule has 0 bridgehead atoms. The monoisotopic (exact) mass is 333 g/mol. The third-order valence-electron chi connectivity index (χ3n) is 3.88. The molecule has 1 N–H and O–H groups in total. The molecule has 1 aromatic rings. The Labute approximate surface area is 139 Å². The van der Waals surface area contributed by atoms with Gasteiger partial charge in [-0.25, -0.2) is 0 Å². The fourth-order valence-electron chi connectivity index (χ4n) is 2.71. The number of fused-ring (bicyclic) bond motifs is 1. The summed E-state index contributed by atoms with van der Waals surface area (Å²) in [6, 6.07) is 5.57. The standard InChI is InChI=1S/C16H19N3O5/c1-10-16(22)17-13-7-12(3-4-14(13)23-10)8-18-5-6-19(15(21)9-18)24-11(2)20/h3-4,7,10H,5-6,8-9H2,1-2H3,(H,17,22). The van der Waals surface area contributed by atoms with Crippen molar-refractivity contribution in [1.29, 1.82) is 0 Å². The van der Waals surface area contributed by atoms with Gasteiger partial charge in [-0.05, 0) is 24.6 Å². The molecule has 8 nitrogen and oxygen atoms in total. The number of hydrogen-bond donors (Lipinski definition) is 1. The highest BCUT2D eigenvalue weighted by Crippen LogP contribution is 2.30. The number of hydroxylamine groups is 2. The number of anilines is 1. The highest BCUT2D eigenvalue weighted by Gasteiger charge is 2.27. The molecule has 8 heteroatoms. The average molecular weight is 333 g/mol. The smallest absolute Gasteiger partial charge is 0.329 e. The lowest BCUT2D eigenvalue weighted by molar-refractivity contribution is -0.202. The Morgan fingerprint density at radius 2 is 2.17 bits per heavy atom. The minimum absolute atomic E-state index is 0.171. The summed E-state index contributed by atoms with van der Waals surface area (Å²) in [7, 11) is 0. The summed E-state index contributed by atoms with van der Waals surface area (Å²) in [4.78, 5) is 41.4. The first-order valence-corrected chi connectivity index (χ1v) is 7.74. The van der Waals surface area contributed by atoms with Crippen LogP contribution in [0.25, 0.3) is 0 Å². The van der Waals surface area contributed by atoms with Gasteiger partial charge in [-0.15, -0.1) is 0 Å². The van der Waals surface area contributed by atoms with Crippen LogP contribution in [-0.4, -0.2) is 53.5 Å². The molecule has 0 aromatic heterocycles. The first kappa shape index (κ1) is 16.3. The Hall–Kier alpha value is -2.61. The third kappa shape index (κ3) is 3.48. The average Bonchev–Trinajstić information content (AvgIpc) is 2.51. The van der Waals surface area contributed by atoms with Crippen molar-refractivity contribution in [2.45, 2.75) is 26.5 Å². The largest absolute Gasteiger partial charge is 0.479 e. The van der Waals surface area contributed by atoms with E-state index in [1.807, 2.05) is 23.1 Å². The Balaban J connectivity index is 1.63. The van der Waals surface area contributed by atoms with E-state index in [4.69, 9.17) is 9.57 Å². The van der Waals surface area contributed by atoms with E-state index in [0.29, 0.717) is 31.1 Å². The number of benzene rings is 1. The van der Waals surface area contributed by atoms with Gasteiger partial charge in [0.1, 0.15) is 5.75 Å². The van der Waals surface area contributed by atoms with Crippen molar-refractivity contribution in [2.24, 2.45) is 0 Å². The summed E-state index contributed by atoms with van der Waals surface area (Å²) in [6.45, 7) is 4.61. The highest BCUT2D eigenvalue weighted by molar-refractivity contribution is 5.97. The van der Waals surface area contributed by atoms with Gasteiger partial charge in [-0.2, -0.15) is 5.06 Å². The summed E-state index contributed by atoms with van der Waals surface area (Å²) >= 11 is 0. The fraction of sp³-hybridized carbons (Fsp3) is 0.438. The van der Waals surface area contributed by atoms with Gasteiger partial charge in [-0.3, -0.25) is 19.3 Å². The van der Waals surface area contributed by atoms with Gasteiger partial charge in [-0.1, -0.05) is 6.07 Å². The van der Waals surface area contributed by atoms with E-state index in [0.717, 1.165) is 10.6 Å². The van der Waals surface area contributed by atoms with Crippen LogP contribution in [0.2, 0.25) is 0 Å². The molecule has 1 saturated heterocycles. The molecule has 2 aliphatic rings. The Morgan fingerprint density at radius 1 is 1.38 bits per heavy atom. The van der Waals surface area contributed by atoms with Crippen molar-refractivity contribution in [3.8, 4) is 5.75 Å². The number of nitrogens with one attached hydrogen (secondary N) is 1. The molecule has 1 aromatic carbocycles. The first-order chi connectivity index (χ1) is 11.4. The predicted molar refractivity (Wildman–Crippen MR) is 83.9 cm³/mol. The SMILES string of the molecule is CC(=O)ON1CCN(Cc2ccc3c(c2)NC(=O)C(C)O3)CC1=O. The van der Waals surface area contributed by atoms with Crippen LogP contribution in [0.3, 0.4) is 0 Å². The molecule has 24 heavy (non-hydrogen) atoms. The van der Waals surface area contributed by atoms with Gasteiger partial charge in [0.15, 0.2) is 6.10 Å². The van der Waals surface area contributed by atoms with E-state index in [2.05, 4.69) is 5.32 Å². The highest BCUT2D eigenvalue weighted by atomic mass is 16.7. The Kier molecular flexibility index (Phi) is 4.39. The molecule has 3 rings (SSSR count). The normalized spacial score (nSPS) is 20.9. The second kappa shape index (κ2) is 6.48. The lowest BCUT2D eigenvalue weighted by Gasteiger charge is -2.32. The second-order valence-electron chi connectivity index (χ2n) is 5.87. The second-order valence-corrected chi connectivity index (χ2v) is 5.87. The van der Waals surface area contributed by atoms with Gasteiger partial charge in [0.05, 0.1) is 18.8 Å². The minimum atomic E-state index is -0.504. The number of carbonyl (C=O) groups is 3. The minimum Gasteiger partial charge on any atom is -0.479 e. The van der Waals surface area contributed by atoms with Crippen molar-refractivity contribution in [3.05, 3.63) is 23.8 Å². The van der Waals surface area contributed by atoms with E-state index in [1.165, 1.54) is 6.92 Å². The molecule has 0 spiro atoms. The predicted octanol–water partition coefficient (Wildman–Crippen LogP) is 0.528. The van der Waals surface area contributed by atoms with Crippen LogP contribution in [0.1, 0.15) is 19.4 Å². The van der Waals surface area contributed by atoms with Gasteiger partial charge < -0.3 is 14.9 Å². The topological polar surface area (TPSA) is 88.2 Å². The molecule has 2 heterocycles. The van der Waals surface area contributed by atoms with Crippen molar-refractivity contribution in [1.82, 2.24) is 9.96 Å². The molecule has 0 radical (unpaired) electrons. The summed E-state index contributed by atoms with van der Waals surface area (Å²) in [5.74, 6) is -0.289. The maximum Gasteiger partial charge on any atom is 0.329 e. The number of rotatable bonds is 3. The van der Waals surface area contributed by atoms with Crippen molar-refractivity contribution in [3.63, 3.8) is 0 Å². The number of hydrogen-bond acceptors (Lipinski definition) is 6. The zero-order valence-electron chi connectivity index (χ0n) is 13.6. The number of amides is 2. The van der Waals surface area contributed by atoms with Crippen LogP contribution in [0.5, 0.6) is 5.75 Å². The van der Waals surface area contributed by atoms with Crippen LogP contribution in [0.4, 0.5) is 5.69 Å². The summed E-state index contributed by atoms with van der Waals surface area (Å²) in [5.41, 5.74) is 1.60. The van der Waals surface area contributed by atoms with Crippen LogP contribution >= 0.6 is 0 Å². The van der Waals surface area contributed by atoms with Crippen molar-refractivity contribution >= 4 is 23.5 Å². The molecule has 2 aliphatic heterocycles. The van der Waals surface area contributed by atoms with E-state index < -0.39 is 12.1 Å². The van der Waals surface area contributed by atoms with Crippen LogP contribution in [0, 0.1) is 0 Å². The third-order valence-corrected chi connectivity index (χ3v) is 3.88. The van der Waals surface area contributed by atoms with Crippen molar-refractivity contribution in [2.75, 3.05) is 25.0 Å². The number of carbonyl (C=O) groups excluding carboxylic acids is 3. The maximum atomic E-state index is 12.0. The molecule has 1 unspecified atom stereocenters. The van der Waals surface area contributed by atoms with E-state index in [9.17, 15) is 14.4 Å². The van der Waals surface area contributed by atoms with Gasteiger partial charge in [0.2, 0.25) is 0 Å². The number of nitrogens with zero attached hydrogens (tertiary/aromatic N) is 2. The zero-order valence-corrected chi connectivity index (χ0v) is 13.6. The molecule has 2 amide bonds. The number of piperazine rings is 1. The van der Waals surface area contributed by atoms with Crippen LogP contribution in [-0.2, 0) is 25.8 Å². The molecule has 0 saturated carbocycles. The van der Waals surface area contributed by atoms with E-state index in [-0.39, 0.29) is 18.4 Å². The van der Waals surface area contributed by atoms with E-state index in [1.54, 1.807) is 6.92 Å². The van der Waals surface area contributed by atoms with Crippen LogP contribution < -0.4 is 10.1 Å². The van der Waals surface area contributed by atoms with Gasteiger partial charge in [0, 0.05) is 20.0 Å². The van der Waals surface area contributed by atoms with Crippen LogP contribution in [0.15, 0.2) is 18.2 Å². The maximum absolute atomic E-state index is 12.0. The zero-order chi connectivity index (χ0) is 17.3. The molecule has 1 fully saturated rings. The van der Waals surface area contributed by atoms with Crippen molar-refractivity contribution < 1.29 is 24.0 Å². The van der Waals surface area contributed by atoms with E-state index >= 15 is 0 Å². The van der Waals surface area contributed by atoms with Gasteiger partial charge in [0.25, 0.3) is 11.8 Å². The lowest BCUT2D eigenvalue weighted by atomic mass is 10.1. The number of ether oxygens (including phenoxy) is 1. The summed E-state index contributed by atoms with van der Waals surface area (Å²) in [6.07, 6.45) is -0.504. The fourth-order valence-corrected chi connectivity index (χ4v) is 2.71. The van der Waals surface area contributed by atoms with Gasteiger partial charge >= 0.3 is 5.97 Å². The summed E-state index contributed by atoms with van der Waals surface area (Å²) < 4.78 is 5.52. The molecular weight excluding hydrogens is 314 g/mol.